The number of hydrogen-bond donors (Lipinski definition) is 2. The van der Waals surface area contributed by atoms with Crippen LogP contribution in [0.2, 0.25) is 0 Å². The molecule has 1 fully saturated rings. The van der Waals surface area contributed by atoms with E-state index in [-0.39, 0.29) is 24.7 Å². The van der Waals surface area contributed by atoms with E-state index in [1.807, 2.05) is 13.8 Å². The third kappa shape index (κ3) is 4.55. The second-order valence-electron chi connectivity index (χ2n) is 6.54. The van der Waals surface area contributed by atoms with Crippen molar-refractivity contribution < 1.29 is 24.6 Å². The summed E-state index contributed by atoms with van der Waals surface area (Å²) in [5, 5.41) is 18.0. The van der Waals surface area contributed by atoms with Crippen molar-refractivity contribution in [3.63, 3.8) is 0 Å². The minimum absolute atomic E-state index is 0.111. The monoisotopic (exact) mass is 298 g/mol. The van der Waals surface area contributed by atoms with Gasteiger partial charge in [0.2, 0.25) is 0 Å². The lowest BCUT2D eigenvalue weighted by atomic mass is 9.60. The summed E-state index contributed by atoms with van der Waals surface area (Å²) in [4.78, 5) is 33.5. The van der Waals surface area contributed by atoms with Gasteiger partial charge in [-0.15, -0.1) is 0 Å². The van der Waals surface area contributed by atoms with Crippen LogP contribution < -0.4 is 0 Å². The molecule has 0 heterocycles. The Morgan fingerprint density at radius 3 is 2.00 bits per heavy atom. The number of rotatable bonds is 10. The second-order valence-corrected chi connectivity index (χ2v) is 6.54. The molecule has 2 N–H and O–H groups in total. The van der Waals surface area contributed by atoms with E-state index in [9.17, 15) is 14.4 Å². The van der Waals surface area contributed by atoms with E-state index in [0.717, 1.165) is 32.1 Å². The van der Waals surface area contributed by atoms with Gasteiger partial charge < -0.3 is 10.2 Å². The highest BCUT2D eigenvalue weighted by Crippen LogP contribution is 2.48. The Bertz CT molecular complexity index is 377. The summed E-state index contributed by atoms with van der Waals surface area (Å²) in [6, 6.07) is 0. The molecule has 5 nitrogen and oxygen atoms in total. The molecule has 0 atom stereocenters. The van der Waals surface area contributed by atoms with Gasteiger partial charge in [-0.2, -0.15) is 0 Å². The van der Waals surface area contributed by atoms with Crippen molar-refractivity contribution >= 4 is 17.7 Å². The number of hydrogen-bond acceptors (Lipinski definition) is 3. The largest absolute Gasteiger partial charge is 0.480 e. The summed E-state index contributed by atoms with van der Waals surface area (Å²) in [7, 11) is 0. The third-order valence-corrected chi connectivity index (χ3v) is 4.52. The topological polar surface area (TPSA) is 91.7 Å². The molecule has 0 aromatic rings. The Kier molecular flexibility index (Phi) is 6.37. The molecule has 0 saturated heterocycles. The minimum atomic E-state index is -1.53. The molecule has 0 amide bonds. The molecule has 0 unspecified atom stereocenters. The summed E-state index contributed by atoms with van der Waals surface area (Å²) in [6.45, 7) is 3.83. The predicted molar refractivity (Wildman–Crippen MR) is 78.0 cm³/mol. The number of unbranched alkanes of at least 4 members (excludes halogenated alkanes) is 3. The van der Waals surface area contributed by atoms with Crippen LogP contribution in [0.4, 0.5) is 0 Å². The molecule has 0 radical (unpaired) electrons. The van der Waals surface area contributed by atoms with Gasteiger partial charge in [-0.25, -0.2) is 0 Å². The quantitative estimate of drug-likeness (QED) is 0.477. The zero-order valence-corrected chi connectivity index (χ0v) is 12.9. The van der Waals surface area contributed by atoms with Crippen LogP contribution in [-0.4, -0.2) is 27.9 Å². The Balaban J connectivity index is 2.10. The molecule has 0 spiro atoms. The van der Waals surface area contributed by atoms with Gasteiger partial charge in [0.05, 0.1) is 0 Å². The number of carboxylic acids is 2. The van der Waals surface area contributed by atoms with Gasteiger partial charge in [-0.05, 0) is 25.2 Å². The van der Waals surface area contributed by atoms with Crippen molar-refractivity contribution in [2.75, 3.05) is 0 Å². The fraction of sp³-hybridized carbons (Fsp3) is 0.812. The lowest BCUT2D eigenvalue weighted by molar-refractivity contribution is -0.175. The van der Waals surface area contributed by atoms with Gasteiger partial charge in [-0.3, -0.25) is 14.4 Å². The molecule has 1 saturated carbocycles. The molecular formula is C16H26O5. The number of carbonyl (C=O) groups is 3. The van der Waals surface area contributed by atoms with Crippen molar-refractivity contribution in [2.24, 2.45) is 17.3 Å². The first-order valence-electron chi connectivity index (χ1n) is 7.79. The average molecular weight is 298 g/mol. The van der Waals surface area contributed by atoms with Crippen molar-refractivity contribution in [1.29, 1.82) is 0 Å². The van der Waals surface area contributed by atoms with Crippen LogP contribution in [0.15, 0.2) is 0 Å². The van der Waals surface area contributed by atoms with Gasteiger partial charge in [0.15, 0.2) is 5.41 Å². The maximum atomic E-state index is 11.4. The summed E-state index contributed by atoms with van der Waals surface area (Å²) >= 11 is 0. The summed E-state index contributed by atoms with van der Waals surface area (Å²) < 4.78 is 0. The number of aliphatic carboxylic acids is 2. The zero-order valence-electron chi connectivity index (χ0n) is 12.9. The van der Waals surface area contributed by atoms with Crippen LogP contribution in [0, 0.1) is 17.3 Å². The molecule has 0 aliphatic heterocycles. The van der Waals surface area contributed by atoms with Crippen LogP contribution in [0.25, 0.3) is 0 Å². The lowest BCUT2D eigenvalue weighted by Crippen LogP contribution is -2.49. The number of carbonyl (C=O) groups excluding carboxylic acids is 1. The molecule has 0 aromatic heterocycles. The van der Waals surface area contributed by atoms with E-state index < -0.39 is 17.4 Å². The first-order valence-corrected chi connectivity index (χ1v) is 7.79. The van der Waals surface area contributed by atoms with Crippen molar-refractivity contribution in [3.05, 3.63) is 0 Å². The first kappa shape index (κ1) is 17.7. The van der Waals surface area contributed by atoms with E-state index in [0.29, 0.717) is 12.2 Å². The van der Waals surface area contributed by atoms with Crippen LogP contribution >= 0.6 is 0 Å². The fourth-order valence-electron chi connectivity index (χ4n) is 2.95. The van der Waals surface area contributed by atoms with Crippen LogP contribution in [0.3, 0.4) is 0 Å². The Labute approximate surface area is 125 Å². The van der Waals surface area contributed by atoms with Gasteiger partial charge in [0.25, 0.3) is 0 Å². The van der Waals surface area contributed by atoms with Gasteiger partial charge in [0, 0.05) is 12.3 Å². The van der Waals surface area contributed by atoms with Crippen molar-refractivity contribution in [3.8, 4) is 0 Å². The van der Waals surface area contributed by atoms with E-state index in [2.05, 4.69) is 0 Å². The molecule has 1 rings (SSSR count). The van der Waals surface area contributed by atoms with Gasteiger partial charge >= 0.3 is 11.9 Å². The van der Waals surface area contributed by atoms with Crippen LogP contribution in [0.1, 0.15) is 65.2 Å². The number of Topliss-reactive ketones (excluding diaryl/α,β-unsaturated/α-hetero) is 1. The van der Waals surface area contributed by atoms with E-state index >= 15 is 0 Å². The molecule has 5 heteroatoms. The first-order chi connectivity index (χ1) is 9.79. The Morgan fingerprint density at radius 1 is 1.00 bits per heavy atom. The Morgan fingerprint density at radius 2 is 1.52 bits per heavy atom. The Hall–Kier alpha value is -1.39. The van der Waals surface area contributed by atoms with Crippen LogP contribution in [-0.2, 0) is 14.4 Å². The van der Waals surface area contributed by atoms with Crippen molar-refractivity contribution in [1.82, 2.24) is 0 Å². The standard InChI is InChI=1S/C16H26O5/c1-11(2)13(17)8-6-4-3-5-7-12-9-16(10-12,14(18)19)15(20)21/h11-12H,3-10H2,1-2H3,(H,18,19)(H,20,21). The summed E-state index contributed by atoms with van der Waals surface area (Å²) in [5.41, 5.74) is -1.53. The van der Waals surface area contributed by atoms with E-state index in [4.69, 9.17) is 10.2 Å². The smallest absolute Gasteiger partial charge is 0.321 e. The van der Waals surface area contributed by atoms with Gasteiger partial charge in [0.1, 0.15) is 5.78 Å². The average Bonchev–Trinajstić information content (AvgIpc) is 2.33. The lowest BCUT2D eigenvalue weighted by Gasteiger charge is -2.41. The zero-order chi connectivity index (χ0) is 16.0. The molecule has 0 bridgehead atoms. The van der Waals surface area contributed by atoms with Gasteiger partial charge in [-0.1, -0.05) is 39.5 Å². The molecular weight excluding hydrogens is 272 g/mol. The normalized spacial score (nSPS) is 17.5. The SMILES string of the molecule is CC(C)C(=O)CCCCCCC1CC(C(=O)O)(C(=O)O)C1. The number of ketones is 1. The molecule has 21 heavy (non-hydrogen) atoms. The summed E-state index contributed by atoms with van der Waals surface area (Å²) in [5.74, 6) is -1.78. The maximum Gasteiger partial charge on any atom is 0.321 e. The minimum Gasteiger partial charge on any atom is -0.480 e. The molecule has 1 aliphatic rings. The highest BCUT2D eigenvalue weighted by Gasteiger charge is 2.56. The summed E-state index contributed by atoms with van der Waals surface area (Å²) in [6.07, 6.45) is 5.96. The van der Waals surface area contributed by atoms with Crippen LogP contribution in [0.5, 0.6) is 0 Å². The predicted octanol–water partition coefficient (Wildman–Crippen LogP) is 3.12. The highest BCUT2D eigenvalue weighted by molar-refractivity contribution is 5.99. The van der Waals surface area contributed by atoms with E-state index in [1.54, 1.807) is 0 Å². The molecule has 120 valence electrons. The van der Waals surface area contributed by atoms with E-state index in [1.165, 1.54) is 0 Å². The molecule has 1 aliphatic carbocycles. The number of carboxylic acid groups (broad SMARTS) is 2. The fourth-order valence-corrected chi connectivity index (χ4v) is 2.95. The van der Waals surface area contributed by atoms with Crippen molar-refractivity contribution in [2.45, 2.75) is 65.2 Å². The maximum absolute atomic E-state index is 11.4. The molecule has 0 aromatic carbocycles. The third-order valence-electron chi connectivity index (χ3n) is 4.52. The second kappa shape index (κ2) is 7.57. The highest BCUT2D eigenvalue weighted by atomic mass is 16.4.